The number of carbonyl (C=O) groups is 2. The monoisotopic (exact) mass is 601 g/mol. The highest BCUT2D eigenvalue weighted by atomic mass is 35.5. The number of hydrogen-bond acceptors (Lipinski definition) is 5. The van der Waals surface area contributed by atoms with Crippen molar-refractivity contribution in [3.63, 3.8) is 0 Å². The Balaban J connectivity index is 1.91. The lowest BCUT2D eigenvalue weighted by Crippen LogP contribution is -2.26. The van der Waals surface area contributed by atoms with E-state index in [9.17, 15) is 9.59 Å². The lowest BCUT2D eigenvalue weighted by molar-refractivity contribution is -0.120. The zero-order chi connectivity index (χ0) is 28.9. The normalized spacial score (nSPS) is 12.2. The number of allylic oxidation sites excluding steroid dienone is 12. The van der Waals surface area contributed by atoms with Crippen LogP contribution in [0.3, 0.4) is 0 Å². The molecule has 0 aromatic carbocycles. The molecular formula is C32H44ClN3O2S2. The summed E-state index contributed by atoms with van der Waals surface area (Å²) in [5.74, 6) is 1.53. The van der Waals surface area contributed by atoms with E-state index in [1.807, 2.05) is 0 Å². The van der Waals surface area contributed by atoms with Crippen molar-refractivity contribution < 1.29 is 9.59 Å². The molecular weight excluding hydrogens is 558 g/mol. The maximum atomic E-state index is 12.0. The van der Waals surface area contributed by atoms with Crippen LogP contribution in [0, 0.1) is 0 Å². The fourth-order valence-electron chi connectivity index (χ4n) is 3.11. The predicted molar refractivity (Wildman–Crippen MR) is 177 cm³/mol. The summed E-state index contributed by atoms with van der Waals surface area (Å²) in [5.41, 5.74) is 0.494. The topological polar surface area (TPSA) is 71.1 Å². The van der Waals surface area contributed by atoms with Gasteiger partial charge < -0.3 is 10.6 Å². The number of rotatable bonds is 22. The fraction of sp³-hybridized carbons (Fsp3) is 0.406. The summed E-state index contributed by atoms with van der Waals surface area (Å²) in [5, 5.41) is 6.16. The van der Waals surface area contributed by atoms with Gasteiger partial charge in [-0.3, -0.25) is 9.59 Å². The van der Waals surface area contributed by atoms with Crippen LogP contribution >= 0.6 is 33.2 Å². The second kappa shape index (κ2) is 26.7. The second-order valence-corrected chi connectivity index (χ2v) is 11.7. The zero-order valence-electron chi connectivity index (χ0n) is 23.6. The Kier molecular flexibility index (Phi) is 23.8. The van der Waals surface area contributed by atoms with Gasteiger partial charge in [-0.1, -0.05) is 113 Å². The van der Waals surface area contributed by atoms with Crippen molar-refractivity contribution in [1.29, 1.82) is 0 Å². The van der Waals surface area contributed by atoms with Gasteiger partial charge in [0.15, 0.2) is 0 Å². The average Bonchev–Trinajstić information content (AvgIpc) is 2.96. The molecule has 0 aliphatic rings. The molecule has 5 nitrogen and oxygen atoms in total. The van der Waals surface area contributed by atoms with Crippen LogP contribution in [0.2, 0.25) is 5.15 Å². The summed E-state index contributed by atoms with van der Waals surface area (Å²) in [6.07, 6.45) is 34.8. The maximum absolute atomic E-state index is 12.0. The van der Waals surface area contributed by atoms with Gasteiger partial charge in [0.25, 0.3) is 5.91 Å². The molecule has 2 amide bonds. The van der Waals surface area contributed by atoms with Gasteiger partial charge in [0.05, 0.1) is 5.56 Å². The van der Waals surface area contributed by atoms with Crippen LogP contribution in [-0.2, 0) is 4.79 Å². The van der Waals surface area contributed by atoms with E-state index in [1.165, 1.54) is 6.20 Å². The summed E-state index contributed by atoms with van der Waals surface area (Å²) in [6.45, 7) is 3.36. The summed E-state index contributed by atoms with van der Waals surface area (Å²) >= 11 is 5.73. The molecule has 0 saturated carbocycles. The van der Waals surface area contributed by atoms with Crippen LogP contribution in [0.5, 0.6) is 0 Å². The van der Waals surface area contributed by atoms with Crippen LogP contribution < -0.4 is 10.6 Å². The van der Waals surface area contributed by atoms with Gasteiger partial charge in [0.2, 0.25) is 5.91 Å². The van der Waals surface area contributed by atoms with E-state index in [4.69, 9.17) is 11.6 Å². The van der Waals surface area contributed by atoms with Gasteiger partial charge in [-0.15, -0.1) is 0 Å². The Morgan fingerprint density at radius 2 is 1.25 bits per heavy atom. The highest BCUT2D eigenvalue weighted by Crippen LogP contribution is 2.19. The van der Waals surface area contributed by atoms with Gasteiger partial charge in [0, 0.05) is 37.2 Å². The van der Waals surface area contributed by atoms with Crippen molar-refractivity contribution in [2.24, 2.45) is 0 Å². The van der Waals surface area contributed by atoms with Crippen LogP contribution in [0.1, 0.15) is 68.6 Å². The summed E-state index contributed by atoms with van der Waals surface area (Å²) in [6, 6.07) is 3.25. The Bertz CT molecular complexity index is 986. The smallest absolute Gasteiger partial charge is 0.252 e. The van der Waals surface area contributed by atoms with Gasteiger partial charge in [0.1, 0.15) is 5.15 Å². The minimum absolute atomic E-state index is 0.0777. The lowest BCUT2D eigenvalue weighted by atomic mass is 10.2. The van der Waals surface area contributed by atoms with Crippen molar-refractivity contribution in [2.45, 2.75) is 58.3 Å². The van der Waals surface area contributed by atoms with Crippen molar-refractivity contribution >= 4 is 45.0 Å². The first kappa shape index (κ1) is 35.5. The molecule has 1 rings (SSSR count). The molecule has 0 bridgehead atoms. The van der Waals surface area contributed by atoms with Crippen LogP contribution in [-0.4, -0.2) is 41.4 Å². The Morgan fingerprint density at radius 3 is 1.75 bits per heavy atom. The lowest BCUT2D eigenvalue weighted by Gasteiger charge is -2.06. The number of nitrogens with zero attached hydrogens (tertiary/aromatic N) is 1. The van der Waals surface area contributed by atoms with Crippen LogP contribution in [0.4, 0.5) is 0 Å². The molecule has 1 aromatic heterocycles. The largest absolute Gasteiger partial charge is 0.355 e. The minimum atomic E-state index is -0.158. The molecule has 0 fully saturated rings. The third-order valence-corrected chi connectivity index (χ3v) is 7.82. The van der Waals surface area contributed by atoms with Gasteiger partial charge >= 0.3 is 0 Å². The number of halogens is 1. The summed E-state index contributed by atoms with van der Waals surface area (Å²) in [4.78, 5) is 27.8. The van der Waals surface area contributed by atoms with Crippen molar-refractivity contribution in [1.82, 2.24) is 15.6 Å². The molecule has 0 aliphatic heterocycles. The number of pyridine rings is 1. The SMILES string of the molecule is CCC=CCC=CCC=CCC=CCC=CCC=CCCC(=O)NCCSSCCNC(=O)c1ccc(Cl)nc1. The number of hydrogen-bond donors (Lipinski definition) is 2. The van der Waals surface area contributed by atoms with E-state index in [2.05, 4.69) is 95.5 Å². The highest BCUT2D eigenvalue weighted by Gasteiger charge is 2.05. The Labute approximate surface area is 254 Å². The molecule has 2 N–H and O–H groups in total. The molecule has 0 radical (unpaired) electrons. The zero-order valence-corrected chi connectivity index (χ0v) is 26.0. The van der Waals surface area contributed by atoms with E-state index in [0.717, 1.165) is 56.5 Å². The van der Waals surface area contributed by atoms with Gasteiger partial charge in [-0.25, -0.2) is 4.98 Å². The molecule has 40 heavy (non-hydrogen) atoms. The van der Waals surface area contributed by atoms with E-state index in [0.29, 0.717) is 30.2 Å². The van der Waals surface area contributed by atoms with Crippen LogP contribution in [0.15, 0.2) is 91.2 Å². The number of amides is 2. The van der Waals surface area contributed by atoms with E-state index in [1.54, 1.807) is 33.7 Å². The second-order valence-electron chi connectivity index (χ2n) is 8.57. The third kappa shape index (κ3) is 22.3. The molecule has 0 saturated heterocycles. The van der Waals surface area contributed by atoms with Crippen molar-refractivity contribution in [3.8, 4) is 0 Å². The first-order chi connectivity index (χ1) is 19.6. The molecule has 0 atom stereocenters. The highest BCUT2D eigenvalue weighted by molar-refractivity contribution is 8.76. The van der Waals surface area contributed by atoms with Crippen LogP contribution in [0.25, 0.3) is 0 Å². The van der Waals surface area contributed by atoms with E-state index in [-0.39, 0.29) is 11.8 Å². The molecule has 1 aromatic rings. The van der Waals surface area contributed by atoms with E-state index < -0.39 is 0 Å². The molecule has 0 unspecified atom stereocenters. The van der Waals surface area contributed by atoms with Gasteiger partial charge in [-0.05, 0) is 57.1 Å². The molecule has 8 heteroatoms. The summed E-state index contributed by atoms with van der Waals surface area (Å²) in [7, 11) is 3.36. The van der Waals surface area contributed by atoms with Gasteiger partial charge in [-0.2, -0.15) is 0 Å². The standard InChI is InChI=1S/C32H44ClN3O2S2/c1-2-3-4-5-6-7-8-9-10-11-12-13-14-15-16-17-18-19-20-21-31(37)34-24-26-39-40-27-25-35-32(38)29-22-23-30(33)36-28-29/h3-4,6-7,9-10,12-13,15-16,18-19,22-23,28H,2,5,8,11,14,17,20-21,24-27H2,1H3,(H,34,37)(H,35,38). The first-order valence-electron chi connectivity index (χ1n) is 13.9. The first-order valence-corrected chi connectivity index (χ1v) is 16.8. The molecule has 218 valence electrons. The number of nitrogens with one attached hydrogen (secondary N) is 2. The predicted octanol–water partition coefficient (Wildman–Crippen LogP) is 8.44. The quantitative estimate of drug-likeness (QED) is 0.0604. The summed E-state index contributed by atoms with van der Waals surface area (Å²) < 4.78 is 0. The number of aromatic nitrogens is 1. The average molecular weight is 602 g/mol. The number of carbonyl (C=O) groups excluding carboxylic acids is 2. The molecule has 1 heterocycles. The Hall–Kier alpha value is -2.48. The van der Waals surface area contributed by atoms with Crippen molar-refractivity contribution in [3.05, 3.63) is 102 Å². The Morgan fingerprint density at radius 1 is 0.750 bits per heavy atom. The third-order valence-electron chi connectivity index (χ3n) is 5.19. The molecule has 0 spiro atoms. The van der Waals surface area contributed by atoms with E-state index >= 15 is 0 Å². The maximum Gasteiger partial charge on any atom is 0.252 e. The van der Waals surface area contributed by atoms with Crippen molar-refractivity contribution in [2.75, 3.05) is 24.6 Å². The minimum Gasteiger partial charge on any atom is -0.355 e. The fourth-order valence-corrected chi connectivity index (χ4v) is 5.04. The molecule has 0 aliphatic carbocycles.